The van der Waals surface area contributed by atoms with E-state index >= 15 is 0 Å². The maximum absolute atomic E-state index is 14.0. The lowest BCUT2D eigenvalue weighted by Gasteiger charge is -2.13. The van der Waals surface area contributed by atoms with E-state index in [0.717, 1.165) is 25.1 Å². The maximum atomic E-state index is 14.0. The highest BCUT2D eigenvalue weighted by Crippen LogP contribution is 2.27. The number of aromatic nitrogens is 3. The van der Waals surface area contributed by atoms with E-state index in [4.69, 9.17) is 0 Å². The van der Waals surface area contributed by atoms with Crippen molar-refractivity contribution in [2.24, 2.45) is 0 Å². The Labute approximate surface area is 166 Å². The average Bonchev–Trinajstić information content (AvgIpc) is 2.72. The van der Waals surface area contributed by atoms with Gasteiger partial charge in [0, 0.05) is 18.8 Å². The summed E-state index contributed by atoms with van der Waals surface area (Å²) in [5, 5.41) is 5.62. The number of benzene rings is 1. The zero-order chi connectivity index (χ0) is 20.8. The van der Waals surface area contributed by atoms with Crippen LogP contribution in [-0.2, 0) is 0 Å². The summed E-state index contributed by atoms with van der Waals surface area (Å²) in [6.07, 6.45) is 2.46. The molecule has 0 bridgehead atoms. The van der Waals surface area contributed by atoms with Crippen LogP contribution in [0.15, 0.2) is 42.6 Å². The van der Waals surface area contributed by atoms with Crippen molar-refractivity contribution in [2.75, 3.05) is 37.8 Å². The second-order valence-corrected chi connectivity index (χ2v) is 6.60. The van der Waals surface area contributed by atoms with Gasteiger partial charge in [0.15, 0.2) is 11.6 Å². The molecule has 1 aromatic carbocycles. The Balaban J connectivity index is 1.91. The van der Waals surface area contributed by atoms with E-state index in [9.17, 15) is 13.2 Å². The van der Waals surface area contributed by atoms with Gasteiger partial charge in [-0.1, -0.05) is 6.07 Å². The van der Waals surface area contributed by atoms with Crippen LogP contribution in [0.5, 0.6) is 0 Å². The molecule has 3 aromatic rings. The third-order valence-electron chi connectivity index (χ3n) is 4.02. The van der Waals surface area contributed by atoms with Gasteiger partial charge < -0.3 is 15.5 Å². The lowest BCUT2D eigenvalue weighted by molar-refractivity contribution is 0.405. The number of nitrogens with zero attached hydrogens (tertiary/aromatic N) is 4. The minimum atomic E-state index is -1.32. The molecule has 0 aliphatic rings. The van der Waals surface area contributed by atoms with Gasteiger partial charge in [0.2, 0.25) is 5.95 Å². The Morgan fingerprint density at radius 2 is 1.76 bits per heavy atom. The van der Waals surface area contributed by atoms with Gasteiger partial charge in [-0.25, -0.2) is 18.2 Å². The van der Waals surface area contributed by atoms with Crippen molar-refractivity contribution in [1.82, 2.24) is 19.9 Å². The lowest BCUT2D eigenvalue weighted by atomic mass is 10.2. The quantitative estimate of drug-likeness (QED) is 0.438. The topological polar surface area (TPSA) is 66.0 Å². The number of halogens is 3. The van der Waals surface area contributed by atoms with Crippen LogP contribution in [0.2, 0.25) is 0 Å². The summed E-state index contributed by atoms with van der Waals surface area (Å²) in [6, 6.07) is 8.40. The molecule has 0 aliphatic carbocycles. The number of rotatable bonds is 8. The van der Waals surface area contributed by atoms with Crippen LogP contribution in [0.4, 0.5) is 30.6 Å². The molecular weight excluding hydrogens is 381 g/mol. The molecule has 0 saturated heterocycles. The molecule has 29 heavy (non-hydrogen) atoms. The summed E-state index contributed by atoms with van der Waals surface area (Å²) in [5.41, 5.74) is 0.402. The Morgan fingerprint density at radius 3 is 2.48 bits per heavy atom. The smallest absolute Gasteiger partial charge is 0.225 e. The van der Waals surface area contributed by atoms with E-state index in [-0.39, 0.29) is 11.8 Å². The summed E-state index contributed by atoms with van der Waals surface area (Å²) in [5.74, 6) is -3.02. The van der Waals surface area contributed by atoms with E-state index < -0.39 is 23.1 Å². The van der Waals surface area contributed by atoms with Crippen molar-refractivity contribution in [3.05, 3.63) is 60.0 Å². The summed E-state index contributed by atoms with van der Waals surface area (Å²) in [4.78, 5) is 15.0. The highest BCUT2D eigenvalue weighted by Gasteiger charge is 2.16. The lowest BCUT2D eigenvalue weighted by Crippen LogP contribution is -2.17. The van der Waals surface area contributed by atoms with Crippen LogP contribution < -0.4 is 10.6 Å². The molecule has 3 rings (SSSR count). The zero-order valence-electron chi connectivity index (χ0n) is 16.1. The van der Waals surface area contributed by atoms with Gasteiger partial charge >= 0.3 is 0 Å². The third-order valence-corrected chi connectivity index (χ3v) is 4.02. The number of pyridine rings is 1. The summed E-state index contributed by atoms with van der Waals surface area (Å²) in [6.45, 7) is 1.48. The van der Waals surface area contributed by atoms with Gasteiger partial charge in [-0.3, -0.25) is 4.98 Å². The minimum Gasteiger partial charge on any atom is -0.354 e. The monoisotopic (exact) mass is 402 g/mol. The second kappa shape index (κ2) is 9.33. The van der Waals surface area contributed by atoms with Crippen molar-refractivity contribution in [3.63, 3.8) is 0 Å². The largest absolute Gasteiger partial charge is 0.354 e. The molecule has 0 aliphatic heterocycles. The molecule has 2 N–H and O–H groups in total. The van der Waals surface area contributed by atoms with Crippen molar-refractivity contribution in [2.45, 2.75) is 6.42 Å². The molecule has 0 atom stereocenters. The van der Waals surface area contributed by atoms with Crippen molar-refractivity contribution >= 4 is 17.5 Å². The molecule has 0 fully saturated rings. The van der Waals surface area contributed by atoms with Gasteiger partial charge in [0.25, 0.3) is 0 Å². The first-order chi connectivity index (χ1) is 13.9. The number of hydrogen-bond acceptors (Lipinski definition) is 6. The Kier molecular flexibility index (Phi) is 6.61. The second-order valence-electron chi connectivity index (χ2n) is 6.60. The predicted octanol–water partition coefficient (Wildman–Crippen LogP) is 4.06. The summed E-state index contributed by atoms with van der Waals surface area (Å²) >= 11 is 0. The van der Waals surface area contributed by atoms with Crippen molar-refractivity contribution in [3.8, 4) is 11.4 Å². The molecule has 0 spiro atoms. The summed E-state index contributed by atoms with van der Waals surface area (Å²) < 4.78 is 41.6. The highest BCUT2D eigenvalue weighted by molar-refractivity contribution is 5.65. The van der Waals surface area contributed by atoms with E-state index in [1.54, 1.807) is 24.4 Å². The van der Waals surface area contributed by atoms with Gasteiger partial charge in [0.05, 0.1) is 11.4 Å². The normalized spacial score (nSPS) is 11.0. The molecular formula is C20H21F3N6. The van der Waals surface area contributed by atoms with Crippen LogP contribution in [0.3, 0.4) is 0 Å². The Bertz CT molecular complexity index is 966. The molecule has 2 aromatic heterocycles. The van der Waals surface area contributed by atoms with Gasteiger partial charge in [-0.05, 0) is 51.3 Å². The predicted molar refractivity (Wildman–Crippen MR) is 107 cm³/mol. The fourth-order valence-corrected chi connectivity index (χ4v) is 2.60. The zero-order valence-corrected chi connectivity index (χ0v) is 16.1. The van der Waals surface area contributed by atoms with E-state index in [0.29, 0.717) is 17.9 Å². The molecule has 152 valence electrons. The standard InChI is InChI=1S/C20H21F3N6/c1-29(2)11-5-10-25-20-26-16(15-6-3-4-9-24-15)12-17(28-20)27-19-14(22)8-7-13(21)18(19)23/h3-4,6-9,12H,5,10-11H2,1-2H3,(H2,25,26,27,28). The van der Waals surface area contributed by atoms with Crippen LogP contribution in [-0.4, -0.2) is 47.0 Å². The maximum Gasteiger partial charge on any atom is 0.225 e. The Hall–Kier alpha value is -3.20. The van der Waals surface area contributed by atoms with Crippen LogP contribution in [0, 0.1) is 17.5 Å². The molecule has 6 nitrogen and oxygen atoms in total. The molecule has 0 saturated carbocycles. The van der Waals surface area contributed by atoms with E-state index in [1.807, 2.05) is 14.1 Å². The minimum absolute atomic E-state index is 0.110. The third kappa shape index (κ3) is 5.41. The Morgan fingerprint density at radius 1 is 0.966 bits per heavy atom. The fraction of sp³-hybridized carbons (Fsp3) is 0.250. The first kappa shape index (κ1) is 20.5. The first-order valence-corrected chi connectivity index (χ1v) is 9.03. The van der Waals surface area contributed by atoms with Gasteiger partial charge in [-0.2, -0.15) is 4.98 Å². The van der Waals surface area contributed by atoms with Gasteiger partial charge in [0.1, 0.15) is 17.3 Å². The molecule has 2 heterocycles. The SMILES string of the molecule is CN(C)CCCNc1nc(Nc2c(F)ccc(F)c2F)cc(-c2ccccn2)n1. The highest BCUT2D eigenvalue weighted by atomic mass is 19.2. The first-order valence-electron chi connectivity index (χ1n) is 9.03. The molecule has 0 amide bonds. The number of hydrogen-bond donors (Lipinski definition) is 2. The van der Waals surface area contributed by atoms with Crippen molar-refractivity contribution in [1.29, 1.82) is 0 Å². The van der Waals surface area contributed by atoms with Crippen molar-refractivity contribution < 1.29 is 13.2 Å². The number of anilines is 3. The average molecular weight is 402 g/mol. The van der Waals surface area contributed by atoms with Crippen LogP contribution >= 0.6 is 0 Å². The molecule has 9 heteroatoms. The van der Waals surface area contributed by atoms with Crippen LogP contribution in [0.25, 0.3) is 11.4 Å². The summed E-state index contributed by atoms with van der Waals surface area (Å²) in [7, 11) is 3.95. The van der Waals surface area contributed by atoms with Crippen LogP contribution in [0.1, 0.15) is 6.42 Å². The number of nitrogens with one attached hydrogen (secondary N) is 2. The van der Waals surface area contributed by atoms with E-state index in [2.05, 4.69) is 30.5 Å². The molecule has 0 radical (unpaired) electrons. The van der Waals surface area contributed by atoms with Gasteiger partial charge in [-0.15, -0.1) is 0 Å². The fourth-order valence-electron chi connectivity index (χ4n) is 2.60. The molecule has 0 unspecified atom stereocenters. The van der Waals surface area contributed by atoms with E-state index in [1.165, 1.54) is 6.07 Å².